The molecule has 2 nitrogen and oxygen atoms in total. The van der Waals surface area contributed by atoms with Gasteiger partial charge in [0.05, 0.1) is 5.16 Å². The van der Waals surface area contributed by atoms with Gasteiger partial charge in [-0.05, 0) is 29.7 Å². The number of halogens is 1. The van der Waals surface area contributed by atoms with E-state index in [-0.39, 0.29) is 5.82 Å². The molecule has 4 rings (SSSR count). The van der Waals surface area contributed by atoms with Crippen molar-refractivity contribution in [1.29, 1.82) is 0 Å². The molecule has 3 aromatic rings. The largest absolute Gasteiger partial charge is 0.454 e. The van der Waals surface area contributed by atoms with Gasteiger partial charge >= 0.3 is 5.97 Å². The van der Waals surface area contributed by atoms with E-state index in [4.69, 9.17) is 16.5 Å². The molecule has 29 heavy (non-hydrogen) atoms. The molecule has 2 unspecified atom stereocenters. The standard InChI is InChI=1S/C24H20FO2PS/c1-24(22-16-17-23(26)27-22,20-14-8-9-15-21(20)25)28(29,18-10-4-2-5-11-18)19-12-6-3-7-13-19/h2-17,22H,1H3. The van der Waals surface area contributed by atoms with E-state index >= 15 is 4.39 Å². The topological polar surface area (TPSA) is 26.3 Å². The fourth-order valence-corrected chi connectivity index (χ4v) is 8.92. The van der Waals surface area contributed by atoms with Crippen LogP contribution in [-0.2, 0) is 26.5 Å². The third-order valence-corrected chi connectivity index (χ3v) is 11.8. The Balaban J connectivity index is 2.08. The van der Waals surface area contributed by atoms with Crippen LogP contribution < -0.4 is 10.6 Å². The van der Waals surface area contributed by atoms with Crippen LogP contribution >= 0.6 is 6.04 Å². The molecular weight excluding hydrogens is 402 g/mol. The number of cyclic esters (lactones) is 1. The number of benzene rings is 3. The van der Waals surface area contributed by atoms with E-state index in [1.165, 1.54) is 12.1 Å². The maximum absolute atomic E-state index is 15.2. The monoisotopic (exact) mass is 422 g/mol. The van der Waals surface area contributed by atoms with Gasteiger partial charge in [0.2, 0.25) is 0 Å². The van der Waals surface area contributed by atoms with Gasteiger partial charge in [0.1, 0.15) is 11.9 Å². The number of hydrogen-bond donors (Lipinski definition) is 0. The number of hydrogen-bond acceptors (Lipinski definition) is 3. The summed E-state index contributed by atoms with van der Waals surface area (Å²) in [6, 6.07) is 23.5. The summed E-state index contributed by atoms with van der Waals surface area (Å²) >= 11 is 6.51. The lowest BCUT2D eigenvalue weighted by molar-refractivity contribution is -0.139. The molecule has 0 bridgehead atoms. The van der Waals surface area contributed by atoms with Crippen molar-refractivity contribution in [2.24, 2.45) is 0 Å². The van der Waals surface area contributed by atoms with Gasteiger partial charge in [-0.1, -0.05) is 90.7 Å². The van der Waals surface area contributed by atoms with Crippen molar-refractivity contribution in [2.75, 3.05) is 0 Å². The van der Waals surface area contributed by atoms with Gasteiger partial charge in [-0.2, -0.15) is 0 Å². The number of carbonyl (C=O) groups excluding carboxylic acids is 1. The molecule has 0 spiro atoms. The van der Waals surface area contributed by atoms with E-state index in [1.54, 1.807) is 24.3 Å². The highest BCUT2D eigenvalue weighted by Gasteiger charge is 2.52. The molecule has 0 radical (unpaired) electrons. The maximum atomic E-state index is 15.2. The molecule has 2 atom stereocenters. The minimum absolute atomic E-state index is 0.354. The number of ether oxygens (including phenoxy) is 1. The van der Waals surface area contributed by atoms with Crippen molar-refractivity contribution in [2.45, 2.75) is 18.2 Å². The summed E-state index contributed by atoms with van der Waals surface area (Å²) in [5, 5.41) is 0.922. The Hall–Kier alpha value is -2.55. The Morgan fingerprint density at radius 1 is 0.897 bits per heavy atom. The van der Waals surface area contributed by atoms with Crippen LogP contribution in [-0.4, -0.2) is 12.1 Å². The summed E-state index contributed by atoms with van der Waals surface area (Å²) in [7, 11) is 0. The average molecular weight is 422 g/mol. The predicted molar refractivity (Wildman–Crippen MR) is 119 cm³/mol. The normalized spacial score (nSPS) is 18.3. The van der Waals surface area contributed by atoms with E-state index in [2.05, 4.69) is 0 Å². The SMILES string of the molecule is CC(c1ccccc1F)(C1C=CC(=O)O1)P(=S)(c1ccccc1)c1ccccc1. The molecule has 0 amide bonds. The van der Waals surface area contributed by atoms with Gasteiger partial charge < -0.3 is 4.74 Å². The Kier molecular flexibility index (Phi) is 5.24. The second-order valence-electron chi connectivity index (χ2n) is 7.12. The van der Waals surface area contributed by atoms with Crippen LogP contribution in [0.15, 0.2) is 97.1 Å². The fourth-order valence-electron chi connectivity index (χ4n) is 4.01. The molecule has 0 aromatic heterocycles. The fraction of sp³-hybridized carbons (Fsp3) is 0.125. The van der Waals surface area contributed by atoms with Gasteiger partial charge in [0, 0.05) is 17.7 Å². The van der Waals surface area contributed by atoms with E-state index < -0.39 is 23.3 Å². The van der Waals surface area contributed by atoms with Gasteiger partial charge in [-0.25, -0.2) is 9.18 Å². The van der Waals surface area contributed by atoms with Crippen LogP contribution in [0.5, 0.6) is 0 Å². The summed E-state index contributed by atoms with van der Waals surface area (Å²) in [4.78, 5) is 12.0. The molecule has 146 valence electrons. The summed E-state index contributed by atoms with van der Waals surface area (Å²) in [5.41, 5.74) is 0.459. The molecule has 0 N–H and O–H groups in total. The first-order chi connectivity index (χ1) is 14.0. The lowest BCUT2D eigenvalue weighted by atomic mass is 9.93. The molecular formula is C24H20FO2PS. The molecule has 1 aliphatic rings. The van der Waals surface area contributed by atoms with E-state index in [0.717, 1.165) is 10.6 Å². The molecule has 0 fully saturated rings. The second-order valence-corrected chi connectivity index (χ2v) is 11.9. The molecule has 1 heterocycles. The van der Waals surface area contributed by atoms with Gasteiger partial charge in [0.25, 0.3) is 0 Å². The first kappa shape index (κ1) is 19.8. The van der Waals surface area contributed by atoms with Crippen LogP contribution in [0.1, 0.15) is 12.5 Å². The Morgan fingerprint density at radius 2 is 1.41 bits per heavy atom. The van der Waals surface area contributed by atoms with Crippen LogP contribution in [0.3, 0.4) is 0 Å². The maximum Gasteiger partial charge on any atom is 0.331 e. The predicted octanol–water partition coefficient (Wildman–Crippen LogP) is 4.65. The van der Waals surface area contributed by atoms with Crippen molar-refractivity contribution in [3.05, 3.63) is 108 Å². The van der Waals surface area contributed by atoms with Crippen molar-refractivity contribution in [1.82, 2.24) is 0 Å². The van der Waals surface area contributed by atoms with Crippen molar-refractivity contribution in [3.8, 4) is 0 Å². The zero-order chi connectivity index (χ0) is 20.5. The van der Waals surface area contributed by atoms with Gasteiger partial charge in [0.15, 0.2) is 0 Å². The third-order valence-electron chi connectivity index (χ3n) is 5.52. The van der Waals surface area contributed by atoms with Crippen LogP contribution in [0.2, 0.25) is 0 Å². The van der Waals surface area contributed by atoms with Crippen molar-refractivity contribution < 1.29 is 13.9 Å². The smallest absolute Gasteiger partial charge is 0.331 e. The highest BCUT2D eigenvalue weighted by atomic mass is 32.4. The Bertz CT molecular complexity index is 1070. The molecule has 5 heteroatoms. The van der Waals surface area contributed by atoms with Crippen molar-refractivity contribution in [3.63, 3.8) is 0 Å². The Labute approximate surface area is 175 Å². The van der Waals surface area contributed by atoms with Gasteiger partial charge in [-0.3, -0.25) is 0 Å². The third kappa shape index (κ3) is 3.17. The molecule has 0 saturated carbocycles. The molecule has 1 aliphatic heterocycles. The number of rotatable bonds is 5. The lowest BCUT2D eigenvalue weighted by Gasteiger charge is -2.45. The minimum atomic E-state index is -2.71. The number of carbonyl (C=O) groups is 1. The van der Waals surface area contributed by atoms with E-state index in [0.29, 0.717) is 5.56 Å². The quantitative estimate of drug-likeness (QED) is 0.442. The highest BCUT2D eigenvalue weighted by molar-refractivity contribution is 8.22. The first-order valence-corrected chi connectivity index (χ1v) is 12.1. The van der Waals surface area contributed by atoms with Crippen LogP contribution in [0.4, 0.5) is 4.39 Å². The highest BCUT2D eigenvalue weighted by Crippen LogP contribution is 2.64. The average Bonchev–Trinajstić information content (AvgIpc) is 3.21. The van der Waals surface area contributed by atoms with Crippen LogP contribution in [0, 0.1) is 5.82 Å². The molecule has 3 aromatic carbocycles. The lowest BCUT2D eigenvalue weighted by Crippen LogP contribution is -2.43. The zero-order valence-electron chi connectivity index (χ0n) is 15.9. The second kappa shape index (κ2) is 7.70. The summed E-state index contributed by atoms with van der Waals surface area (Å²) in [5.74, 6) is -0.785. The summed E-state index contributed by atoms with van der Waals surface area (Å²) in [6.45, 7) is 1.93. The van der Waals surface area contributed by atoms with E-state index in [1.807, 2.05) is 67.6 Å². The van der Waals surface area contributed by atoms with E-state index in [9.17, 15) is 4.79 Å². The first-order valence-electron chi connectivity index (χ1n) is 9.33. The number of esters is 1. The summed E-state index contributed by atoms with van der Waals surface area (Å²) < 4.78 is 20.9. The van der Waals surface area contributed by atoms with Gasteiger partial charge in [-0.15, -0.1) is 0 Å². The summed E-state index contributed by atoms with van der Waals surface area (Å²) in [6.07, 6.45) is 2.44. The molecule has 0 aliphatic carbocycles. The minimum Gasteiger partial charge on any atom is -0.454 e. The van der Waals surface area contributed by atoms with Crippen molar-refractivity contribution >= 4 is 34.4 Å². The zero-order valence-corrected chi connectivity index (χ0v) is 17.6. The molecule has 0 saturated heterocycles. The Morgan fingerprint density at radius 3 is 1.90 bits per heavy atom. The van der Waals surface area contributed by atoms with Crippen LogP contribution in [0.25, 0.3) is 0 Å².